The van der Waals surface area contributed by atoms with Gasteiger partial charge in [0.05, 0.1) is 26.9 Å². The molecule has 2 heterocycles. The van der Waals surface area contributed by atoms with E-state index < -0.39 is 0 Å². The molecule has 8 heteroatoms. The van der Waals surface area contributed by atoms with Crippen LogP contribution in [0.3, 0.4) is 0 Å². The Bertz CT molecular complexity index is 761. The van der Waals surface area contributed by atoms with Crippen molar-refractivity contribution in [1.82, 2.24) is 15.5 Å². The molecule has 0 spiro atoms. The summed E-state index contributed by atoms with van der Waals surface area (Å²) in [5.74, 6) is 1.76. The van der Waals surface area contributed by atoms with Crippen LogP contribution in [0.25, 0.3) is 11.1 Å². The number of thiophene rings is 1. The lowest BCUT2D eigenvalue weighted by molar-refractivity contribution is 0.0376. The van der Waals surface area contributed by atoms with Gasteiger partial charge >= 0.3 is 0 Å². The Morgan fingerprint density at radius 2 is 1.93 bits per heavy atom. The molecular formula is C22H33IN4O2S. The van der Waals surface area contributed by atoms with Gasteiger partial charge in [-0.25, -0.2) is 4.99 Å². The second kappa shape index (κ2) is 13.8. The normalized spacial score (nSPS) is 14.8. The van der Waals surface area contributed by atoms with E-state index in [0.717, 1.165) is 64.1 Å². The maximum Gasteiger partial charge on any atom is 0.191 e. The van der Waals surface area contributed by atoms with E-state index in [-0.39, 0.29) is 24.0 Å². The van der Waals surface area contributed by atoms with E-state index in [1.165, 1.54) is 16.0 Å². The number of ether oxygens (including phenoxy) is 2. The Morgan fingerprint density at radius 1 is 1.17 bits per heavy atom. The highest BCUT2D eigenvalue weighted by atomic mass is 127. The number of aliphatic imine (C=N–C) groups is 1. The lowest BCUT2D eigenvalue weighted by Gasteiger charge is -2.26. The zero-order chi connectivity index (χ0) is 20.3. The van der Waals surface area contributed by atoms with Crippen molar-refractivity contribution in [3.05, 3.63) is 40.6 Å². The average molecular weight is 545 g/mol. The molecule has 1 aliphatic rings. The maximum atomic E-state index is 5.40. The minimum Gasteiger partial charge on any atom is -0.497 e. The Labute approximate surface area is 201 Å². The Kier molecular flexibility index (Phi) is 11.5. The third-order valence-corrected chi connectivity index (χ3v) is 5.78. The average Bonchev–Trinajstić information content (AvgIpc) is 3.25. The molecule has 6 nitrogen and oxygen atoms in total. The molecule has 0 bridgehead atoms. The maximum absolute atomic E-state index is 5.40. The van der Waals surface area contributed by atoms with Crippen molar-refractivity contribution >= 4 is 41.3 Å². The van der Waals surface area contributed by atoms with Crippen LogP contribution >= 0.6 is 35.3 Å². The molecule has 1 aromatic heterocycles. The van der Waals surface area contributed by atoms with E-state index >= 15 is 0 Å². The van der Waals surface area contributed by atoms with E-state index in [4.69, 9.17) is 14.5 Å². The van der Waals surface area contributed by atoms with Gasteiger partial charge in [0, 0.05) is 31.1 Å². The van der Waals surface area contributed by atoms with Crippen LogP contribution in [-0.2, 0) is 11.3 Å². The third kappa shape index (κ3) is 8.05. The van der Waals surface area contributed by atoms with Gasteiger partial charge in [-0.3, -0.25) is 4.90 Å². The van der Waals surface area contributed by atoms with Gasteiger partial charge in [-0.1, -0.05) is 12.1 Å². The van der Waals surface area contributed by atoms with E-state index in [1.807, 2.05) is 12.1 Å². The topological polar surface area (TPSA) is 58.1 Å². The Hall–Kier alpha value is -1.36. The molecule has 3 rings (SSSR count). The third-order valence-electron chi connectivity index (χ3n) is 4.86. The molecule has 0 aliphatic carbocycles. The first-order chi connectivity index (χ1) is 14.3. The number of halogens is 1. The molecule has 1 saturated heterocycles. The van der Waals surface area contributed by atoms with Gasteiger partial charge in [-0.15, -0.1) is 35.3 Å². The Balaban J connectivity index is 0.00000320. The number of hydrogen-bond donors (Lipinski definition) is 2. The van der Waals surface area contributed by atoms with E-state index in [0.29, 0.717) is 6.54 Å². The lowest BCUT2D eigenvalue weighted by atomic mass is 10.1. The molecule has 2 N–H and O–H groups in total. The van der Waals surface area contributed by atoms with E-state index in [1.54, 1.807) is 18.4 Å². The smallest absolute Gasteiger partial charge is 0.191 e. The lowest BCUT2D eigenvalue weighted by Crippen LogP contribution is -2.40. The number of guanidine groups is 1. The number of morpholine rings is 1. The van der Waals surface area contributed by atoms with Crippen LogP contribution in [0.5, 0.6) is 5.75 Å². The molecule has 0 saturated carbocycles. The van der Waals surface area contributed by atoms with Gasteiger partial charge in [0.1, 0.15) is 5.75 Å². The zero-order valence-corrected chi connectivity index (χ0v) is 21.0. The summed E-state index contributed by atoms with van der Waals surface area (Å²) in [7, 11) is 1.69. The Morgan fingerprint density at radius 3 is 2.63 bits per heavy atom. The van der Waals surface area contributed by atoms with Crippen molar-refractivity contribution in [3.63, 3.8) is 0 Å². The second-order valence-electron chi connectivity index (χ2n) is 6.96. The quantitative estimate of drug-likeness (QED) is 0.218. The highest BCUT2D eigenvalue weighted by molar-refractivity contribution is 14.0. The van der Waals surface area contributed by atoms with Gasteiger partial charge in [-0.05, 0) is 54.6 Å². The standard InChI is InChI=1S/C22H32N4O2S.HI/c1-3-23-22(24-9-4-10-26-11-13-28-14-12-26)25-16-21-15-19(17-29-21)18-5-7-20(27-2)8-6-18;/h5-8,15,17H,3-4,9-14,16H2,1-2H3,(H2,23,24,25);1H. The molecule has 166 valence electrons. The van der Waals surface area contributed by atoms with Crippen molar-refractivity contribution < 1.29 is 9.47 Å². The van der Waals surface area contributed by atoms with Crippen LogP contribution in [0.15, 0.2) is 40.7 Å². The van der Waals surface area contributed by atoms with Gasteiger partial charge in [0.2, 0.25) is 0 Å². The molecule has 2 aromatic rings. The molecule has 30 heavy (non-hydrogen) atoms. The predicted octanol–water partition coefficient (Wildman–Crippen LogP) is 3.82. The summed E-state index contributed by atoms with van der Waals surface area (Å²) >= 11 is 1.75. The first-order valence-corrected chi connectivity index (χ1v) is 11.2. The first kappa shape index (κ1) is 24.9. The van der Waals surface area contributed by atoms with Gasteiger partial charge < -0.3 is 20.1 Å². The minimum atomic E-state index is 0. The highest BCUT2D eigenvalue weighted by Gasteiger charge is 2.09. The molecule has 0 atom stereocenters. The summed E-state index contributed by atoms with van der Waals surface area (Å²) in [6.45, 7) is 9.46. The molecule has 1 fully saturated rings. The molecule has 0 unspecified atom stereocenters. The monoisotopic (exact) mass is 544 g/mol. The fourth-order valence-corrected chi connectivity index (χ4v) is 4.05. The van der Waals surface area contributed by atoms with Gasteiger partial charge in [0.15, 0.2) is 5.96 Å². The van der Waals surface area contributed by atoms with Crippen LogP contribution in [-0.4, -0.2) is 63.9 Å². The molecular weight excluding hydrogens is 511 g/mol. The van der Waals surface area contributed by atoms with Crippen LogP contribution < -0.4 is 15.4 Å². The summed E-state index contributed by atoms with van der Waals surface area (Å²) in [6, 6.07) is 10.4. The SMILES string of the molecule is CCNC(=NCc1cc(-c2ccc(OC)cc2)cs1)NCCCN1CCOCC1.I. The summed E-state index contributed by atoms with van der Waals surface area (Å²) < 4.78 is 10.6. The molecule has 1 aromatic carbocycles. The van der Waals surface area contributed by atoms with Crippen LogP contribution in [0.4, 0.5) is 0 Å². The number of rotatable bonds is 9. The molecule has 0 amide bonds. The van der Waals surface area contributed by atoms with Gasteiger partial charge in [-0.2, -0.15) is 0 Å². The van der Waals surface area contributed by atoms with Crippen LogP contribution in [0, 0.1) is 0 Å². The van der Waals surface area contributed by atoms with Crippen LogP contribution in [0.2, 0.25) is 0 Å². The molecule has 1 aliphatic heterocycles. The van der Waals surface area contributed by atoms with E-state index in [2.05, 4.69) is 46.0 Å². The fraction of sp³-hybridized carbons (Fsp3) is 0.500. The summed E-state index contributed by atoms with van der Waals surface area (Å²) in [5.41, 5.74) is 2.43. The largest absolute Gasteiger partial charge is 0.497 e. The minimum absolute atomic E-state index is 0. The van der Waals surface area contributed by atoms with Crippen molar-refractivity contribution in [2.45, 2.75) is 19.9 Å². The molecule has 0 radical (unpaired) electrons. The zero-order valence-electron chi connectivity index (χ0n) is 17.9. The number of benzene rings is 1. The van der Waals surface area contributed by atoms with E-state index in [9.17, 15) is 0 Å². The fourth-order valence-electron chi connectivity index (χ4n) is 3.23. The second-order valence-corrected chi connectivity index (χ2v) is 7.96. The van der Waals surface area contributed by atoms with Crippen molar-refractivity contribution in [2.75, 3.05) is 53.0 Å². The van der Waals surface area contributed by atoms with Crippen molar-refractivity contribution in [1.29, 1.82) is 0 Å². The summed E-state index contributed by atoms with van der Waals surface area (Å²) in [6.07, 6.45) is 1.10. The van der Waals surface area contributed by atoms with Crippen molar-refractivity contribution in [2.24, 2.45) is 4.99 Å². The first-order valence-electron chi connectivity index (χ1n) is 10.3. The summed E-state index contributed by atoms with van der Waals surface area (Å²) in [4.78, 5) is 8.46. The predicted molar refractivity (Wildman–Crippen MR) is 136 cm³/mol. The number of hydrogen-bond acceptors (Lipinski definition) is 5. The number of nitrogens with zero attached hydrogens (tertiary/aromatic N) is 2. The van der Waals surface area contributed by atoms with Gasteiger partial charge in [0.25, 0.3) is 0 Å². The highest BCUT2D eigenvalue weighted by Crippen LogP contribution is 2.27. The number of methoxy groups -OCH3 is 1. The number of nitrogens with one attached hydrogen (secondary N) is 2. The summed E-state index contributed by atoms with van der Waals surface area (Å²) in [5, 5.41) is 8.98. The van der Waals surface area contributed by atoms with Crippen LogP contribution in [0.1, 0.15) is 18.2 Å². The van der Waals surface area contributed by atoms with Crippen molar-refractivity contribution in [3.8, 4) is 16.9 Å².